The lowest BCUT2D eigenvalue weighted by Crippen LogP contribution is -2.59. The standard InChI is InChI=1S/C29H34N4O2/c1-20-7-8-23(27-21(2)32-35-22(27)3)17-26(20)33(15-6-16-34-28(4)18-31-19-28)25-11-9-24(10-12-25)29(30-5)13-14-29/h7-12,17,31H,6,13-16,18-19H2,1-4H3. The van der Waals surface area contributed by atoms with E-state index in [9.17, 15) is 0 Å². The summed E-state index contributed by atoms with van der Waals surface area (Å²) in [5.41, 5.74) is 7.38. The molecule has 1 saturated carbocycles. The minimum atomic E-state index is -0.289. The maximum atomic E-state index is 7.60. The molecule has 5 rings (SSSR count). The SMILES string of the molecule is [C-]#[N+]C1(c2ccc(N(CCCOC3(C)CNC3)c3cc(-c4c(C)noc4C)ccc3C)cc2)CC1. The van der Waals surface area contributed by atoms with Crippen molar-refractivity contribution in [2.75, 3.05) is 31.1 Å². The number of nitrogens with one attached hydrogen (secondary N) is 1. The molecule has 35 heavy (non-hydrogen) atoms. The lowest BCUT2D eigenvalue weighted by Gasteiger charge is -2.39. The van der Waals surface area contributed by atoms with Crippen LogP contribution in [0.25, 0.3) is 16.0 Å². The van der Waals surface area contributed by atoms with Gasteiger partial charge in [0.15, 0.2) is 0 Å². The van der Waals surface area contributed by atoms with Crippen LogP contribution in [0.1, 0.15) is 48.8 Å². The summed E-state index contributed by atoms with van der Waals surface area (Å²) in [6.07, 6.45) is 2.84. The van der Waals surface area contributed by atoms with Gasteiger partial charge in [0.05, 0.1) is 11.3 Å². The van der Waals surface area contributed by atoms with Crippen LogP contribution in [0.4, 0.5) is 11.4 Å². The fourth-order valence-electron chi connectivity index (χ4n) is 4.99. The van der Waals surface area contributed by atoms with Crippen LogP contribution in [0, 0.1) is 27.3 Å². The molecule has 2 fully saturated rings. The second kappa shape index (κ2) is 9.14. The van der Waals surface area contributed by atoms with Gasteiger partial charge in [0.2, 0.25) is 0 Å². The first-order valence-corrected chi connectivity index (χ1v) is 12.5. The van der Waals surface area contributed by atoms with E-state index in [2.05, 4.69) is 76.5 Å². The van der Waals surface area contributed by atoms with Gasteiger partial charge in [0, 0.05) is 61.6 Å². The summed E-state index contributed by atoms with van der Waals surface area (Å²) in [5, 5.41) is 7.45. The zero-order valence-corrected chi connectivity index (χ0v) is 21.1. The Hall–Kier alpha value is -3.14. The Morgan fingerprint density at radius 1 is 1.11 bits per heavy atom. The zero-order valence-electron chi connectivity index (χ0n) is 21.1. The molecule has 182 valence electrons. The Kier molecular flexibility index (Phi) is 6.16. The summed E-state index contributed by atoms with van der Waals surface area (Å²) in [5.74, 6) is 0.831. The zero-order chi connectivity index (χ0) is 24.6. The van der Waals surface area contributed by atoms with Crippen LogP contribution in [0.5, 0.6) is 0 Å². The first kappa shape index (κ1) is 23.6. The summed E-state index contributed by atoms with van der Waals surface area (Å²) in [7, 11) is 0. The van der Waals surface area contributed by atoms with Crippen molar-refractivity contribution in [3.05, 3.63) is 76.5 Å². The van der Waals surface area contributed by atoms with Crippen molar-refractivity contribution in [3.63, 3.8) is 0 Å². The van der Waals surface area contributed by atoms with E-state index in [1.165, 1.54) is 5.56 Å². The van der Waals surface area contributed by atoms with Crippen LogP contribution in [0.2, 0.25) is 0 Å². The molecule has 1 aromatic heterocycles. The molecule has 3 aromatic rings. The molecule has 6 nitrogen and oxygen atoms in total. The highest BCUT2D eigenvalue weighted by Gasteiger charge is 2.52. The van der Waals surface area contributed by atoms with Gasteiger partial charge in [0.25, 0.3) is 5.54 Å². The Balaban J connectivity index is 1.45. The molecule has 1 saturated heterocycles. The Morgan fingerprint density at radius 2 is 1.86 bits per heavy atom. The third-order valence-electron chi connectivity index (χ3n) is 7.45. The number of hydrogen-bond acceptors (Lipinski definition) is 5. The molecule has 6 heteroatoms. The van der Waals surface area contributed by atoms with Crippen molar-refractivity contribution in [2.45, 2.75) is 58.1 Å². The molecular formula is C29H34N4O2. The molecule has 0 atom stereocenters. The molecule has 0 amide bonds. The number of aryl methyl sites for hydroxylation is 3. The van der Waals surface area contributed by atoms with E-state index in [-0.39, 0.29) is 11.1 Å². The van der Waals surface area contributed by atoms with Crippen LogP contribution in [0.3, 0.4) is 0 Å². The second-order valence-electron chi connectivity index (χ2n) is 10.3. The van der Waals surface area contributed by atoms with E-state index in [1.54, 1.807) is 0 Å². The van der Waals surface area contributed by atoms with E-state index in [0.29, 0.717) is 0 Å². The summed E-state index contributed by atoms with van der Waals surface area (Å²) in [4.78, 5) is 6.28. The quantitative estimate of drug-likeness (QED) is 0.303. The molecule has 0 bridgehead atoms. The maximum absolute atomic E-state index is 7.60. The van der Waals surface area contributed by atoms with Crippen molar-refractivity contribution in [1.29, 1.82) is 0 Å². The van der Waals surface area contributed by atoms with E-state index in [1.807, 2.05) is 13.8 Å². The minimum absolute atomic E-state index is 0.0377. The molecule has 0 spiro atoms. The predicted molar refractivity (Wildman–Crippen MR) is 139 cm³/mol. The van der Waals surface area contributed by atoms with Crippen LogP contribution in [-0.4, -0.2) is 37.0 Å². The Morgan fingerprint density at radius 3 is 2.43 bits per heavy atom. The maximum Gasteiger partial charge on any atom is 0.258 e. The first-order chi connectivity index (χ1) is 16.8. The smallest absolute Gasteiger partial charge is 0.258 e. The van der Waals surface area contributed by atoms with Gasteiger partial charge in [-0.3, -0.25) is 0 Å². The van der Waals surface area contributed by atoms with Crippen LogP contribution in [0.15, 0.2) is 47.0 Å². The number of rotatable bonds is 9. The molecule has 2 heterocycles. The first-order valence-electron chi connectivity index (χ1n) is 12.5. The molecule has 2 aromatic carbocycles. The average molecular weight is 471 g/mol. The van der Waals surface area contributed by atoms with Gasteiger partial charge in [0.1, 0.15) is 5.76 Å². The molecular weight excluding hydrogens is 436 g/mol. The third-order valence-corrected chi connectivity index (χ3v) is 7.45. The van der Waals surface area contributed by atoms with E-state index >= 15 is 0 Å². The van der Waals surface area contributed by atoms with Gasteiger partial charge in [-0.05, 0) is 75.6 Å². The lowest BCUT2D eigenvalue weighted by atomic mass is 9.99. The second-order valence-corrected chi connectivity index (χ2v) is 10.3. The average Bonchev–Trinajstić information content (AvgIpc) is 3.58. The van der Waals surface area contributed by atoms with Gasteiger partial charge in [-0.2, -0.15) is 0 Å². The molecule has 1 N–H and O–H groups in total. The molecule has 1 aliphatic heterocycles. The summed E-state index contributed by atoms with van der Waals surface area (Å²) < 4.78 is 11.6. The Bertz CT molecular complexity index is 1230. The minimum Gasteiger partial charge on any atom is -0.373 e. The van der Waals surface area contributed by atoms with Crippen LogP contribution in [-0.2, 0) is 10.3 Å². The highest BCUT2D eigenvalue weighted by molar-refractivity contribution is 5.76. The van der Waals surface area contributed by atoms with Crippen molar-refractivity contribution in [1.82, 2.24) is 10.5 Å². The topological polar surface area (TPSA) is 54.9 Å². The lowest BCUT2D eigenvalue weighted by molar-refractivity contribution is -0.0666. The van der Waals surface area contributed by atoms with E-state index < -0.39 is 0 Å². The number of nitrogens with zero attached hydrogens (tertiary/aromatic N) is 3. The van der Waals surface area contributed by atoms with Crippen molar-refractivity contribution >= 4 is 11.4 Å². The third kappa shape index (κ3) is 4.59. The largest absolute Gasteiger partial charge is 0.373 e. The number of hydrogen-bond donors (Lipinski definition) is 1. The molecule has 2 aliphatic rings. The van der Waals surface area contributed by atoms with Gasteiger partial charge < -0.3 is 24.3 Å². The molecule has 1 aliphatic carbocycles. The van der Waals surface area contributed by atoms with Gasteiger partial charge >= 0.3 is 0 Å². The van der Waals surface area contributed by atoms with E-state index in [0.717, 1.165) is 85.0 Å². The number of anilines is 2. The van der Waals surface area contributed by atoms with Gasteiger partial charge in [-0.1, -0.05) is 17.3 Å². The van der Waals surface area contributed by atoms with Gasteiger partial charge in [-0.15, -0.1) is 0 Å². The highest BCUT2D eigenvalue weighted by Crippen LogP contribution is 2.50. The van der Waals surface area contributed by atoms with Crippen molar-refractivity contribution in [3.8, 4) is 11.1 Å². The Labute approximate surface area is 208 Å². The summed E-state index contributed by atoms with van der Waals surface area (Å²) >= 11 is 0. The fourth-order valence-corrected chi connectivity index (χ4v) is 4.99. The highest BCUT2D eigenvalue weighted by atomic mass is 16.5. The molecule has 0 unspecified atom stereocenters. The normalized spacial score (nSPS) is 17.5. The van der Waals surface area contributed by atoms with E-state index in [4.69, 9.17) is 15.8 Å². The number of benzene rings is 2. The predicted octanol–water partition coefficient (Wildman–Crippen LogP) is 6.08. The monoisotopic (exact) mass is 470 g/mol. The van der Waals surface area contributed by atoms with Crippen LogP contribution < -0.4 is 10.2 Å². The fraction of sp³-hybridized carbons (Fsp3) is 0.448. The van der Waals surface area contributed by atoms with Crippen molar-refractivity contribution < 1.29 is 9.26 Å². The number of aromatic nitrogens is 1. The summed E-state index contributed by atoms with van der Waals surface area (Å²) in [6.45, 7) is 19.3. The molecule has 0 radical (unpaired) electrons. The van der Waals surface area contributed by atoms with Crippen LogP contribution >= 0.6 is 0 Å². The van der Waals surface area contributed by atoms with Gasteiger partial charge in [-0.25, -0.2) is 6.57 Å². The van der Waals surface area contributed by atoms with Crippen molar-refractivity contribution in [2.24, 2.45) is 0 Å². The summed E-state index contributed by atoms with van der Waals surface area (Å²) in [6, 6.07) is 15.2. The number of ether oxygens (including phenoxy) is 1.